The first-order valence-electron chi connectivity index (χ1n) is 9.67. The summed E-state index contributed by atoms with van der Waals surface area (Å²) in [6, 6.07) is 5.59. The number of aryl methyl sites for hydroxylation is 1. The highest BCUT2D eigenvalue weighted by Crippen LogP contribution is 2.25. The average Bonchev–Trinajstić information content (AvgIpc) is 2.63. The Balaban J connectivity index is 0.00000235. The lowest BCUT2D eigenvalue weighted by Gasteiger charge is -2.33. The Bertz CT molecular complexity index is 636. The van der Waals surface area contributed by atoms with Crippen LogP contribution >= 0.6 is 0 Å². The van der Waals surface area contributed by atoms with Crippen molar-refractivity contribution in [2.75, 3.05) is 20.1 Å². The molecular formula is C21H36N2O4. The fraction of sp³-hybridized carbons (Fsp3) is 0.619. The molecule has 0 atom stereocenters. The Labute approximate surface area is 164 Å². The van der Waals surface area contributed by atoms with Gasteiger partial charge in [-0.15, -0.1) is 0 Å². The van der Waals surface area contributed by atoms with Gasteiger partial charge in [0, 0.05) is 34.4 Å². The Morgan fingerprint density at radius 3 is 2.30 bits per heavy atom. The highest BCUT2D eigenvalue weighted by molar-refractivity contribution is 5.96. The Morgan fingerprint density at radius 2 is 1.78 bits per heavy atom. The molecule has 1 aliphatic heterocycles. The van der Waals surface area contributed by atoms with E-state index in [2.05, 4.69) is 5.32 Å². The Kier molecular flexibility index (Phi) is 8.60. The number of nitrogens with one attached hydrogen (secondary N) is 1. The third kappa shape index (κ3) is 7.12. The standard InChI is InChI=1S/C19H28N2O4.C2H6.H2/c1-13-6-7-16(15(12-13)17(22)20-5)24-14-8-10-21(11-9-14)18(23)25-19(2,3)4;1-2;/h6-7,12,14H,8-11H2,1-5H3,(H,20,22);1-2H3;1H. The van der Waals surface area contributed by atoms with Crippen LogP contribution in [0.4, 0.5) is 4.79 Å². The lowest BCUT2D eigenvalue weighted by Crippen LogP contribution is -2.44. The number of amides is 2. The van der Waals surface area contributed by atoms with Gasteiger partial charge in [0.25, 0.3) is 5.91 Å². The van der Waals surface area contributed by atoms with Gasteiger partial charge in [-0.25, -0.2) is 4.79 Å². The molecular weight excluding hydrogens is 344 g/mol. The molecule has 1 fully saturated rings. The number of hydrogen-bond donors (Lipinski definition) is 1. The molecule has 0 aliphatic carbocycles. The van der Waals surface area contributed by atoms with E-state index in [0.29, 0.717) is 37.2 Å². The predicted octanol–water partition coefficient (Wildman–Crippen LogP) is 4.41. The number of hydrogen-bond acceptors (Lipinski definition) is 4. The maximum atomic E-state index is 12.1. The number of carbonyl (C=O) groups is 2. The summed E-state index contributed by atoms with van der Waals surface area (Å²) in [6.45, 7) is 12.7. The molecule has 1 aromatic carbocycles. The topological polar surface area (TPSA) is 67.9 Å². The van der Waals surface area contributed by atoms with E-state index >= 15 is 0 Å². The van der Waals surface area contributed by atoms with Crippen LogP contribution in [0.15, 0.2) is 18.2 Å². The van der Waals surface area contributed by atoms with Crippen LogP contribution in [0.2, 0.25) is 0 Å². The smallest absolute Gasteiger partial charge is 0.410 e. The second-order valence-electron chi connectivity index (χ2n) is 7.36. The molecule has 0 spiro atoms. The first-order chi connectivity index (χ1) is 12.7. The maximum absolute atomic E-state index is 12.1. The van der Waals surface area contributed by atoms with Gasteiger partial charge >= 0.3 is 6.09 Å². The summed E-state index contributed by atoms with van der Waals surface area (Å²) in [5, 5.41) is 2.64. The second-order valence-corrected chi connectivity index (χ2v) is 7.36. The molecule has 27 heavy (non-hydrogen) atoms. The quantitative estimate of drug-likeness (QED) is 0.844. The maximum Gasteiger partial charge on any atom is 0.410 e. The summed E-state index contributed by atoms with van der Waals surface area (Å²) in [7, 11) is 1.60. The summed E-state index contributed by atoms with van der Waals surface area (Å²) < 4.78 is 11.5. The SMILES string of the molecule is CC.CNC(=O)c1cc(C)ccc1OC1CCN(C(=O)OC(C)(C)C)CC1.[HH]. The summed E-state index contributed by atoms with van der Waals surface area (Å²) in [6.07, 6.45) is 1.11. The number of carbonyl (C=O) groups excluding carboxylic acids is 2. The first kappa shape index (κ1) is 22.8. The molecule has 6 heteroatoms. The fourth-order valence-corrected chi connectivity index (χ4v) is 2.72. The Hall–Kier alpha value is -2.24. The number of nitrogens with zero attached hydrogens (tertiary/aromatic N) is 1. The molecule has 154 valence electrons. The van der Waals surface area contributed by atoms with Gasteiger partial charge in [0.1, 0.15) is 17.5 Å². The lowest BCUT2D eigenvalue weighted by atomic mass is 10.1. The van der Waals surface area contributed by atoms with E-state index in [1.165, 1.54) is 0 Å². The Morgan fingerprint density at radius 1 is 1.19 bits per heavy atom. The van der Waals surface area contributed by atoms with Crippen molar-refractivity contribution in [1.29, 1.82) is 0 Å². The van der Waals surface area contributed by atoms with Crippen molar-refractivity contribution in [1.82, 2.24) is 10.2 Å². The third-order valence-corrected chi connectivity index (χ3v) is 3.99. The minimum absolute atomic E-state index is 0. The zero-order chi connectivity index (χ0) is 20.6. The largest absolute Gasteiger partial charge is 0.489 e. The molecule has 1 heterocycles. The molecule has 0 unspecified atom stereocenters. The second kappa shape index (κ2) is 10.2. The zero-order valence-electron chi connectivity index (χ0n) is 17.7. The van der Waals surface area contributed by atoms with Crippen molar-refractivity contribution in [2.45, 2.75) is 66.1 Å². The van der Waals surface area contributed by atoms with Crippen LogP contribution in [0.25, 0.3) is 0 Å². The number of rotatable bonds is 3. The van der Waals surface area contributed by atoms with Crippen molar-refractivity contribution in [3.8, 4) is 5.75 Å². The predicted molar refractivity (Wildman–Crippen MR) is 109 cm³/mol. The van der Waals surface area contributed by atoms with E-state index in [-0.39, 0.29) is 19.5 Å². The van der Waals surface area contributed by atoms with E-state index in [4.69, 9.17) is 9.47 Å². The molecule has 2 amide bonds. The van der Waals surface area contributed by atoms with E-state index in [0.717, 1.165) is 5.56 Å². The summed E-state index contributed by atoms with van der Waals surface area (Å²) in [5.41, 5.74) is 1.05. The van der Waals surface area contributed by atoms with Gasteiger partial charge in [0.05, 0.1) is 5.56 Å². The van der Waals surface area contributed by atoms with Gasteiger partial charge in [-0.3, -0.25) is 4.79 Å². The van der Waals surface area contributed by atoms with Gasteiger partial charge in [0.15, 0.2) is 0 Å². The molecule has 1 N–H and O–H groups in total. The minimum atomic E-state index is -0.491. The minimum Gasteiger partial charge on any atom is -0.489 e. The molecule has 1 aromatic rings. The zero-order valence-corrected chi connectivity index (χ0v) is 17.7. The first-order valence-corrected chi connectivity index (χ1v) is 9.67. The molecule has 0 saturated carbocycles. The van der Waals surface area contributed by atoms with Gasteiger partial charge < -0.3 is 19.7 Å². The normalized spacial score (nSPS) is 14.7. The highest BCUT2D eigenvalue weighted by atomic mass is 16.6. The van der Waals surface area contributed by atoms with Crippen molar-refractivity contribution >= 4 is 12.0 Å². The molecule has 0 aromatic heterocycles. The summed E-state index contributed by atoms with van der Waals surface area (Å²) in [4.78, 5) is 25.9. The van der Waals surface area contributed by atoms with E-state index in [9.17, 15) is 9.59 Å². The average molecular weight is 381 g/mol. The summed E-state index contributed by atoms with van der Waals surface area (Å²) in [5.74, 6) is 0.422. The summed E-state index contributed by atoms with van der Waals surface area (Å²) >= 11 is 0. The third-order valence-electron chi connectivity index (χ3n) is 3.99. The van der Waals surface area contributed by atoms with Gasteiger partial charge in [-0.1, -0.05) is 25.5 Å². The molecule has 6 nitrogen and oxygen atoms in total. The van der Waals surface area contributed by atoms with Crippen LogP contribution in [0.5, 0.6) is 5.75 Å². The number of benzene rings is 1. The molecule has 1 aliphatic rings. The van der Waals surface area contributed by atoms with Crippen LogP contribution in [-0.4, -0.2) is 48.7 Å². The van der Waals surface area contributed by atoms with Gasteiger partial charge in [0.2, 0.25) is 0 Å². The highest BCUT2D eigenvalue weighted by Gasteiger charge is 2.28. The molecule has 2 rings (SSSR count). The van der Waals surface area contributed by atoms with E-state index < -0.39 is 5.60 Å². The molecule has 0 bridgehead atoms. The fourth-order valence-electron chi connectivity index (χ4n) is 2.72. The lowest BCUT2D eigenvalue weighted by molar-refractivity contribution is 0.0126. The number of ether oxygens (including phenoxy) is 2. The molecule has 1 saturated heterocycles. The van der Waals surface area contributed by atoms with E-state index in [1.807, 2.05) is 59.7 Å². The monoisotopic (exact) mass is 380 g/mol. The molecule has 0 radical (unpaired) electrons. The van der Waals surface area contributed by atoms with Crippen LogP contribution in [0.3, 0.4) is 0 Å². The van der Waals surface area contributed by atoms with Crippen molar-refractivity contribution < 1.29 is 20.5 Å². The van der Waals surface area contributed by atoms with Crippen LogP contribution < -0.4 is 10.1 Å². The number of likely N-dealkylation sites (tertiary alicyclic amines) is 1. The van der Waals surface area contributed by atoms with Gasteiger partial charge in [-0.2, -0.15) is 0 Å². The van der Waals surface area contributed by atoms with Crippen LogP contribution in [0.1, 0.15) is 64.8 Å². The van der Waals surface area contributed by atoms with Crippen LogP contribution in [0, 0.1) is 6.92 Å². The van der Waals surface area contributed by atoms with Crippen molar-refractivity contribution in [3.63, 3.8) is 0 Å². The van der Waals surface area contributed by atoms with Crippen LogP contribution in [-0.2, 0) is 4.74 Å². The van der Waals surface area contributed by atoms with E-state index in [1.54, 1.807) is 11.9 Å². The van der Waals surface area contributed by atoms with Crippen molar-refractivity contribution in [3.05, 3.63) is 29.3 Å². The van der Waals surface area contributed by atoms with Gasteiger partial charge in [-0.05, 0) is 39.8 Å². The van der Waals surface area contributed by atoms with Crippen molar-refractivity contribution in [2.24, 2.45) is 0 Å². The number of piperidine rings is 1.